The Labute approximate surface area is 141 Å². The van der Waals surface area contributed by atoms with E-state index in [0.717, 1.165) is 35.8 Å². The van der Waals surface area contributed by atoms with Crippen molar-refractivity contribution in [1.82, 2.24) is 9.80 Å². The molecule has 1 aromatic carbocycles. The minimum atomic E-state index is 0.0997. The molecule has 2 aliphatic heterocycles. The predicted octanol–water partition coefficient (Wildman–Crippen LogP) is 2.95. The number of halogens is 1. The highest BCUT2D eigenvalue weighted by molar-refractivity contribution is 9.10. The number of anilines is 1. The number of carbonyl (C=O) groups excluding carboxylic acids is 1. The topological polar surface area (TPSA) is 35.6 Å². The Morgan fingerprint density at radius 2 is 2.09 bits per heavy atom. The average molecular weight is 366 g/mol. The first-order valence-corrected chi connectivity index (χ1v) is 9.02. The third kappa shape index (κ3) is 4.31. The van der Waals surface area contributed by atoms with Crippen LogP contribution in [0.3, 0.4) is 0 Å². The Balaban J connectivity index is 1.40. The Morgan fingerprint density at radius 3 is 2.86 bits per heavy atom. The van der Waals surface area contributed by atoms with Gasteiger partial charge in [0.15, 0.2) is 0 Å². The number of carbonyl (C=O) groups is 1. The summed E-state index contributed by atoms with van der Waals surface area (Å²) >= 11 is 3.42. The van der Waals surface area contributed by atoms with E-state index in [9.17, 15) is 4.79 Å². The molecule has 2 aliphatic rings. The van der Waals surface area contributed by atoms with Gasteiger partial charge in [-0.1, -0.05) is 22.0 Å². The molecule has 4 nitrogen and oxygen atoms in total. The SMILES string of the molecule is O=C(CCN1CCC(N2CCCC2)C1)Nc1cccc(Br)c1. The average Bonchev–Trinajstić information content (AvgIpc) is 3.16. The summed E-state index contributed by atoms with van der Waals surface area (Å²) in [4.78, 5) is 17.1. The Kier molecular flexibility index (Phi) is 5.50. The van der Waals surface area contributed by atoms with E-state index in [1.54, 1.807) is 0 Å². The summed E-state index contributed by atoms with van der Waals surface area (Å²) in [7, 11) is 0. The van der Waals surface area contributed by atoms with Gasteiger partial charge in [0.05, 0.1) is 0 Å². The number of nitrogens with zero attached hydrogens (tertiary/aromatic N) is 2. The molecule has 1 aromatic rings. The standard InChI is InChI=1S/C17H24BrN3O/c18-14-4-3-5-15(12-14)19-17(22)7-11-20-10-6-16(13-20)21-8-1-2-9-21/h3-5,12,16H,1-2,6-11,13H2,(H,19,22). The van der Waals surface area contributed by atoms with Gasteiger partial charge >= 0.3 is 0 Å². The molecular weight excluding hydrogens is 342 g/mol. The molecule has 1 unspecified atom stereocenters. The van der Waals surface area contributed by atoms with E-state index < -0.39 is 0 Å². The van der Waals surface area contributed by atoms with Crippen LogP contribution < -0.4 is 5.32 Å². The zero-order valence-electron chi connectivity index (χ0n) is 12.9. The van der Waals surface area contributed by atoms with Crippen LogP contribution in [-0.2, 0) is 4.79 Å². The molecule has 0 radical (unpaired) electrons. The third-order valence-corrected chi connectivity index (χ3v) is 5.16. The highest BCUT2D eigenvalue weighted by atomic mass is 79.9. The van der Waals surface area contributed by atoms with Crippen LogP contribution in [0.25, 0.3) is 0 Å². The molecule has 1 atom stereocenters. The number of amides is 1. The summed E-state index contributed by atoms with van der Waals surface area (Å²) in [5, 5.41) is 2.97. The largest absolute Gasteiger partial charge is 0.326 e. The molecule has 3 rings (SSSR count). The lowest BCUT2D eigenvalue weighted by Gasteiger charge is -2.23. The lowest BCUT2D eigenvalue weighted by atomic mass is 10.2. The number of benzene rings is 1. The van der Waals surface area contributed by atoms with Gasteiger partial charge in [-0.2, -0.15) is 0 Å². The molecule has 1 amide bonds. The van der Waals surface area contributed by atoms with Gasteiger partial charge in [0, 0.05) is 35.7 Å². The fraction of sp³-hybridized carbons (Fsp3) is 0.588. The molecule has 1 N–H and O–H groups in total. The predicted molar refractivity (Wildman–Crippen MR) is 93.0 cm³/mol. The lowest BCUT2D eigenvalue weighted by Crippen LogP contribution is -2.35. The maximum Gasteiger partial charge on any atom is 0.225 e. The van der Waals surface area contributed by atoms with Gasteiger partial charge in [-0.3, -0.25) is 9.69 Å². The second kappa shape index (κ2) is 7.57. The Hall–Kier alpha value is -0.910. The summed E-state index contributed by atoms with van der Waals surface area (Å²) in [5.74, 6) is 0.0997. The van der Waals surface area contributed by atoms with Crippen LogP contribution in [0.4, 0.5) is 5.69 Å². The number of hydrogen-bond acceptors (Lipinski definition) is 3. The second-order valence-corrected chi connectivity index (χ2v) is 7.21. The van der Waals surface area contributed by atoms with Crippen molar-refractivity contribution in [3.05, 3.63) is 28.7 Å². The first kappa shape index (κ1) is 16.0. The first-order valence-electron chi connectivity index (χ1n) is 8.22. The third-order valence-electron chi connectivity index (χ3n) is 4.67. The van der Waals surface area contributed by atoms with Crippen LogP contribution in [0.15, 0.2) is 28.7 Å². The number of hydrogen-bond donors (Lipinski definition) is 1. The molecule has 0 aliphatic carbocycles. The van der Waals surface area contributed by atoms with Gasteiger partial charge in [0.1, 0.15) is 0 Å². The number of rotatable bonds is 5. The molecule has 0 bridgehead atoms. The van der Waals surface area contributed by atoms with Crippen molar-refractivity contribution in [3.63, 3.8) is 0 Å². The minimum absolute atomic E-state index is 0.0997. The van der Waals surface area contributed by atoms with Crippen molar-refractivity contribution in [3.8, 4) is 0 Å². The molecule has 5 heteroatoms. The van der Waals surface area contributed by atoms with E-state index in [4.69, 9.17) is 0 Å². The molecule has 0 spiro atoms. The monoisotopic (exact) mass is 365 g/mol. The molecular formula is C17H24BrN3O. The van der Waals surface area contributed by atoms with Crippen LogP contribution in [0.2, 0.25) is 0 Å². The van der Waals surface area contributed by atoms with Crippen molar-refractivity contribution in [2.45, 2.75) is 31.7 Å². The molecule has 0 saturated carbocycles. The smallest absolute Gasteiger partial charge is 0.225 e. The van der Waals surface area contributed by atoms with Crippen molar-refractivity contribution in [1.29, 1.82) is 0 Å². The fourth-order valence-corrected chi connectivity index (χ4v) is 3.87. The quantitative estimate of drug-likeness (QED) is 0.871. The van der Waals surface area contributed by atoms with Gasteiger partial charge in [-0.25, -0.2) is 0 Å². The van der Waals surface area contributed by atoms with Gasteiger partial charge in [-0.05, 0) is 57.1 Å². The minimum Gasteiger partial charge on any atom is -0.326 e. The summed E-state index contributed by atoms with van der Waals surface area (Å²) in [6.07, 6.45) is 4.53. The highest BCUT2D eigenvalue weighted by Gasteiger charge is 2.29. The van der Waals surface area contributed by atoms with Crippen molar-refractivity contribution >= 4 is 27.5 Å². The van der Waals surface area contributed by atoms with Crippen LogP contribution in [0, 0.1) is 0 Å². The van der Waals surface area contributed by atoms with E-state index in [1.807, 2.05) is 24.3 Å². The van der Waals surface area contributed by atoms with E-state index in [-0.39, 0.29) is 5.91 Å². The van der Waals surface area contributed by atoms with Gasteiger partial charge < -0.3 is 10.2 Å². The molecule has 22 heavy (non-hydrogen) atoms. The lowest BCUT2D eigenvalue weighted by molar-refractivity contribution is -0.116. The summed E-state index contributed by atoms with van der Waals surface area (Å²) < 4.78 is 0.985. The zero-order valence-corrected chi connectivity index (χ0v) is 14.5. The highest BCUT2D eigenvalue weighted by Crippen LogP contribution is 2.20. The molecule has 120 valence electrons. The van der Waals surface area contributed by atoms with Crippen molar-refractivity contribution < 1.29 is 4.79 Å². The summed E-state index contributed by atoms with van der Waals surface area (Å²) in [6, 6.07) is 8.45. The van der Waals surface area contributed by atoms with E-state index in [1.165, 1.54) is 32.4 Å². The van der Waals surface area contributed by atoms with Crippen LogP contribution >= 0.6 is 15.9 Å². The number of nitrogens with one attached hydrogen (secondary N) is 1. The van der Waals surface area contributed by atoms with Crippen LogP contribution in [-0.4, -0.2) is 54.5 Å². The maximum absolute atomic E-state index is 12.1. The summed E-state index contributed by atoms with van der Waals surface area (Å²) in [5.41, 5.74) is 0.857. The molecule has 0 aromatic heterocycles. The van der Waals surface area contributed by atoms with Crippen LogP contribution in [0.1, 0.15) is 25.7 Å². The molecule has 2 fully saturated rings. The zero-order chi connectivity index (χ0) is 15.4. The first-order chi connectivity index (χ1) is 10.7. The van der Waals surface area contributed by atoms with E-state index in [0.29, 0.717) is 6.42 Å². The van der Waals surface area contributed by atoms with Crippen molar-refractivity contribution in [2.24, 2.45) is 0 Å². The van der Waals surface area contributed by atoms with E-state index >= 15 is 0 Å². The maximum atomic E-state index is 12.1. The van der Waals surface area contributed by atoms with Gasteiger partial charge in [-0.15, -0.1) is 0 Å². The van der Waals surface area contributed by atoms with Crippen molar-refractivity contribution in [2.75, 3.05) is 38.0 Å². The number of likely N-dealkylation sites (tertiary alicyclic amines) is 2. The fourth-order valence-electron chi connectivity index (χ4n) is 3.47. The second-order valence-electron chi connectivity index (χ2n) is 6.29. The molecule has 2 heterocycles. The van der Waals surface area contributed by atoms with Gasteiger partial charge in [0.25, 0.3) is 0 Å². The normalized spacial score (nSPS) is 23.0. The van der Waals surface area contributed by atoms with E-state index in [2.05, 4.69) is 31.0 Å². The Bertz CT molecular complexity index is 516. The van der Waals surface area contributed by atoms with Crippen LogP contribution in [0.5, 0.6) is 0 Å². The summed E-state index contributed by atoms with van der Waals surface area (Å²) in [6.45, 7) is 5.66. The van der Waals surface area contributed by atoms with Gasteiger partial charge in [0.2, 0.25) is 5.91 Å². The Morgan fingerprint density at radius 1 is 1.27 bits per heavy atom. The molecule has 2 saturated heterocycles.